The highest BCUT2D eigenvalue weighted by atomic mass is 16.2. The van der Waals surface area contributed by atoms with Crippen LogP contribution in [-0.2, 0) is 4.79 Å². The molecule has 2 fully saturated rings. The van der Waals surface area contributed by atoms with Gasteiger partial charge >= 0.3 is 0 Å². The van der Waals surface area contributed by atoms with Crippen molar-refractivity contribution in [2.75, 3.05) is 37.4 Å². The minimum absolute atomic E-state index is 0.174. The quantitative estimate of drug-likeness (QED) is 0.891. The van der Waals surface area contributed by atoms with Crippen LogP contribution in [0.25, 0.3) is 0 Å². The molecule has 1 aliphatic carbocycles. The lowest BCUT2D eigenvalue weighted by molar-refractivity contribution is -0.128. The maximum absolute atomic E-state index is 12.9. The Labute approximate surface area is 126 Å². The van der Waals surface area contributed by atoms with E-state index in [0.29, 0.717) is 5.92 Å². The van der Waals surface area contributed by atoms with Crippen LogP contribution in [0, 0.1) is 11.3 Å². The average molecular weight is 288 g/mol. The van der Waals surface area contributed by atoms with Gasteiger partial charge in [0.2, 0.25) is 5.91 Å². The minimum Gasteiger partial charge on any atom is -0.363 e. The van der Waals surface area contributed by atoms with Gasteiger partial charge in [-0.15, -0.1) is 0 Å². The normalized spacial score (nSPS) is 28.0. The molecular formula is C16H24N4O. The Hall–Kier alpha value is -1.62. The number of hydrogen-bond acceptors (Lipinski definition) is 4. The number of carbonyl (C=O) groups excluding carboxylic acids is 1. The third-order valence-corrected chi connectivity index (χ3v) is 4.95. The molecule has 5 nitrogen and oxygen atoms in total. The van der Waals surface area contributed by atoms with Gasteiger partial charge in [0.15, 0.2) is 0 Å². The first kappa shape index (κ1) is 14.3. The zero-order valence-corrected chi connectivity index (χ0v) is 12.9. The van der Waals surface area contributed by atoms with Crippen molar-refractivity contribution >= 4 is 17.4 Å². The van der Waals surface area contributed by atoms with Gasteiger partial charge in [0, 0.05) is 38.6 Å². The number of nitrogens with zero attached hydrogens (tertiary/aromatic N) is 2. The van der Waals surface area contributed by atoms with E-state index in [4.69, 9.17) is 0 Å². The SMILES string of the molecule is CN(C)c1cc(NC(=O)[C@@]23CCCC[C@H]2CNC3)ccn1. The van der Waals surface area contributed by atoms with Crippen LogP contribution >= 0.6 is 0 Å². The van der Waals surface area contributed by atoms with Gasteiger partial charge in [0.05, 0.1) is 5.41 Å². The van der Waals surface area contributed by atoms with Gasteiger partial charge in [-0.05, 0) is 31.4 Å². The number of carbonyl (C=O) groups is 1. The van der Waals surface area contributed by atoms with Gasteiger partial charge in [-0.1, -0.05) is 12.8 Å². The first-order valence-corrected chi connectivity index (χ1v) is 7.77. The van der Waals surface area contributed by atoms with Gasteiger partial charge in [0.1, 0.15) is 5.82 Å². The zero-order valence-electron chi connectivity index (χ0n) is 12.9. The summed E-state index contributed by atoms with van der Waals surface area (Å²) in [6, 6.07) is 3.79. The number of hydrogen-bond donors (Lipinski definition) is 2. The van der Waals surface area contributed by atoms with Crippen molar-refractivity contribution in [3.8, 4) is 0 Å². The summed E-state index contributed by atoms with van der Waals surface area (Å²) >= 11 is 0. The standard InChI is InChI=1S/C16H24N4O/c1-20(2)14-9-13(6-8-18-14)19-15(21)16-7-4-3-5-12(16)10-17-11-16/h6,8-9,12,17H,3-5,7,10-11H2,1-2H3,(H,18,19,21)/t12-,16+/m0/s1. The second-order valence-corrected chi connectivity index (χ2v) is 6.48. The van der Waals surface area contributed by atoms with Gasteiger partial charge in [-0.3, -0.25) is 4.79 Å². The largest absolute Gasteiger partial charge is 0.363 e. The maximum Gasteiger partial charge on any atom is 0.232 e. The molecule has 1 aromatic heterocycles. The molecule has 0 unspecified atom stereocenters. The molecule has 0 bridgehead atoms. The summed E-state index contributed by atoms with van der Waals surface area (Å²) in [6.07, 6.45) is 6.32. The highest BCUT2D eigenvalue weighted by molar-refractivity contribution is 5.96. The summed E-state index contributed by atoms with van der Waals surface area (Å²) in [6.45, 7) is 1.79. The van der Waals surface area contributed by atoms with Crippen molar-refractivity contribution in [1.29, 1.82) is 0 Å². The first-order chi connectivity index (χ1) is 10.1. The number of nitrogens with one attached hydrogen (secondary N) is 2. The fraction of sp³-hybridized carbons (Fsp3) is 0.625. The van der Waals surface area contributed by atoms with Crippen LogP contribution in [0.2, 0.25) is 0 Å². The summed E-state index contributed by atoms with van der Waals surface area (Å²) in [7, 11) is 3.90. The van der Waals surface area contributed by atoms with Crippen molar-refractivity contribution in [2.24, 2.45) is 11.3 Å². The number of anilines is 2. The topological polar surface area (TPSA) is 57.3 Å². The molecule has 5 heteroatoms. The Kier molecular flexibility index (Phi) is 3.85. The van der Waals surface area contributed by atoms with Gasteiger partial charge < -0.3 is 15.5 Å². The van der Waals surface area contributed by atoms with Crippen molar-refractivity contribution in [3.05, 3.63) is 18.3 Å². The Morgan fingerprint density at radius 2 is 2.33 bits per heavy atom. The van der Waals surface area contributed by atoms with E-state index in [1.807, 2.05) is 31.1 Å². The smallest absolute Gasteiger partial charge is 0.232 e. The van der Waals surface area contributed by atoms with Gasteiger partial charge in [-0.25, -0.2) is 4.98 Å². The highest BCUT2D eigenvalue weighted by Crippen LogP contribution is 2.44. The van der Waals surface area contributed by atoms with E-state index in [0.717, 1.165) is 37.4 Å². The Morgan fingerprint density at radius 1 is 1.48 bits per heavy atom. The van der Waals surface area contributed by atoms with E-state index in [2.05, 4.69) is 15.6 Å². The van der Waals surface area contributed by atoms with E-state index >= 15 is 0 Å². The van der Waals surface area contributed by atoms with Crippen LogP contribution < -0.4 is 15.5 Å². The van der Waals surface area contributed by atoms with Crippen LogP contribution in [0.5, 0.6) is 0 Å². The van der Waals surface area contributed by atoms with Crippen LogP contribution in [0.4, 0.5) is 11.5 Å². The molecule has 1 aliphatic heterocycles. The number of fused-ring (bicyclic) bond motifs is 1. The second kappa shape index (κ2) is 5.64. The van der Waals surface area contributed by atoms with E-state index < -0.39 is 0 Å². The van der Waals surface area contributed by atoms with Gasteiger partial charge in [-0.2, -0.15) is 0 Å². The first-order valence-electron chi connectivity index (χ1n) is 7.77. The maximum atomic E-state index is 12.9. The number of rotatable bonds is 3. The molecule has 114 valence electrons. The van der Waals surface area contributed by atoms with Gasteiger partial charge in [0.25, 0.3) is 0 Å². The average Bonchev–Trinajstić information content (AvgIpc) is 2.92. The second-order valence-electron chi connectivity index (χ2n) is 6.48. The highest BCUT2D eigenvalue weighted by Gasteiger charge is 2.49. The van der Waals surface area contributed by atoms with Crippen LogP contribution in [-0.4, -0.2) is 38.1 Å². The van der Waals surface area contributed by atoms with E-state index in [-0.39, 0.29) is 11.3 Å². The Balaban J connectivity index is 1.78. The summed E-state index contributed by atoms with van der Waals surface area (Å²) < 4.78 is 0. The molecule has 1 saturated heterocycles. The number of pyridine rings is 1. The fourth-order valence-electron chi connectivity index (χ4n) is 3.69. The van der Waals surface area contributed by atoms with Crippen LogP contribution in [0.15, 0.2) is 18.3 Å². The summed E-state index contributed by atoms with van der Waals surface area (Å²) in [4.78, 5) is 19.1. The molecule has 0 radical (unpaired) electrons. The van der Waals surface area contributed by atoms with Crippen molar-refractivity contribution in [2.45, 2.75) is 25.7 Å². The summed E-state index contributed by atoms with van der Waals surface area (Å²) in [5, 5.41) is 6.54. The van der Waals surface area contributed by atoms with Crippen molar-refractivity contribution in [3.63, 3.8) is 0 Å². The minimum atomic E-state index is -0.209. The molecule has 21 heavy (non-hydrogen) atoms. The number of amides is 1. The van der Waals surface area contributed by atoms with E-state index in [1.165, 1.54) is 12.8 Å². The lowest BCUT2D eigenvalue weighted by Gasteiger charge is -2.37. The van der Waals surface area contributed by atoms with E-state index in [1.54, 1.807) is 6.20 Å². The molecule has 1 amide bonds. The molecule has 2 aliphatic rings. The summed E-state index contributed by atoms with van der Waals surface area (Å²) in [5.41, 5.74) is 0.629. The van der Waals surface area contributed by atoms with Crippen LogP contribution in [0.1, 0.15) is 25.7 Å². The van der Waals surface area contributed by atoms with Crippen LogP contribution in [0.3, 0.4) is 0 Å². The molecule has 0 spiro atoms. The Morgan fingerprint density at radius 3 is 3.14 bits per heavy atom. The molecule has 0 aromatic carbocycles. The van der Waals surface area contributed by atoms with Crippen molar-refractivity contribution < 1.29 is 4.79 Å². The molecule has 2 N–H and O–H groups in total. The molecule has 2 heterocycles. The summed E-state index contributed by atoms with van der Waals surface area (Å²) in [5.74, 6) is 1.52. The monoisotopic (exact) mass is 288 g/mol. The molecular weight excluding hydrogens is 264 g/mol. The van der Waals surface area contributed by atoms with E-state index in [9.17, 15) is 4.79 Å². The predicted molar refractivity (Wildman–Crippen MR) is 84.5 cm³/mol. The third kappa shape index (κ3) is 2.62. The molecule has 2 atom stereocenters. The number of aromatic nitrogens is 1. The molecule has 1 aromatic rings. The third-order valence-electron chi connectivity index (χ3n) is 4.95. The fourth-order valence-corrected chi connectivity index (χ4v) is 3.69. The molecule has 1 saturated carbocycles. The Bertz CT molecular complexity index is 531. The lowest BCUT2D eigenvalue weighted by Crippen LogP contribution is -2.44. The van der Waals surface area contributed by atoms with Crippen molar-refractivity contribution in [1.82, 2.24) is 10.3 Å². The lowest BCUT2D eigenvalue weighted by atomic mass is 9.67. The molecule has 3 rings (SSSR count). The predicted octanol–water partition coefficient (Wildman–Crippen LogP) is 1.87. The zero-order chi connectivity index (χ0) is 14.9.